The minimum Gasteiger partial charge on any atom is -0.335 e. The van der Waals surface area contributed by atoms with Crippen molar-refractivity contribution in [2.75, 3.05) is 11.2 Å². The van der Waals surface area contributed by atoms with Crippen LogP contribution in [0.1, 0.15) is 18.1 Å². The number of hydrogen-bond acceptors (Lipinski definition) is 6. The van der Waals surface area contributed by atoms with Gasteiger partial charge in [-0.05, 0) is 49.4 Å². The highest BCUT2D eigenvalue weighted by Crippen LogP contribution is 2.28. The summed E-state index contributed by atoms with van der Waals surface area (Å²) in [6.07, 6.45) is 0. The molecule has 0 spiro atoms. The number of carbonyl (C=O) groups excluding carboxylic acids is 1. The highest BCUT2D eigenvalue weighted by molar-refractivity contribution is 8.00. The molecule has 0 saturated carbocycles. The molecule has 1 atom stereocenters. The summed E-state index contributed by atoms with van der Waals surface area (Å²) in [6.45, 7) is 5.79. The molecule has 0 fully saturated rings. The number of nitrogens with zero attached hydrogens (tertiary/aromatic N) is 3. The lowest BCUT2D eigenvalue weighted by Gasteiger charge is -2.13. The number of nitrogens with two attached hydrogens (primary N) is 1. The summed E-state index contributed by atoms with van der Waals surface area (Å²) in [5.74, 6) is 6.58. The monoisotopic (exact) mass is 373 g/mol. The largest absolute Gasteiger partial charge is 0.335 e. The number of benzene rings is 1. The molecule has 3 rings (SSSR count). The number of aryl methyl sites for hydroxylation is 2. The second kappa shape index (κ2) is 7.28. The molecule has 1 amide bonds. The summed E-state index contributed by atoms with van der Waals surface area (Å²) in [5.41, 5.74) is 2.95. The maximum Gasteiger partial charge on any atom is 0.237 e. The molecule has 0 aliphatic carbocycles. The van der Waals surface area contributed by atoms with Gasteiger partial charge in [-0.1, -0.05) is 30.0 Å². The zero-order valence-corrected chi connectivity index (χ0v) is 15.8. The maximum atomic E-state index is 12.5. The van der Waals surface area contributed by atoms with Gasteiger partial charge in [-0.25, -0.2) is 4.68 Å². The number of aromatic nitrogens is 3. The van der Waals surface area contributed by atoms with Crippen LogP contribution in [-0.4, -0.2) is 26.0 Å². The number of nitrogens with one attached hydrogen (secondary N) is 1. The zero-order chi connectivity index (χ0) is 18.0. The average Bonchev–Trinajstić information content (AvgIpc) is 3.21. The van der Waals surface area contributed by atoms with Crippen LogP contribution in [0.5, 0.6) is 0 Å². The molecule has 0 bridgehead atoms. The van der Waals surface area contributed by atoms with Gasteiger partial charge in [0, 0.05) is 5.69 Å². The molecule has 8 heteroatoms. The van der Waals surface area contributed by atoms with E-state index in [1.54, 1.807) is 11.3 Å². The van der Waals surface area contributed by atoms with Crippen LogP contribution in [0, 0.1) is 13.8 Å². The molecule has 0 saturated heterocycles. The lowest BCUT2D eigenvalue weighted by atomic mass is 10.1. The van der Waals surface area contributed by atoms with E-state index in [0.717, 1.165) is 21.7 Å². The van der Waals surface area contributed by atoms with E-state index in [0.29, 0.717) is 11.0 Å². The summed E-state index contributed by atoms with van der Waals surface area (Å²) in [7, 11) is 0. The van der Waals surface area contributed by atoms with Crippen LogP contribution in [0.15, 0.2) is 40.9 Å². The van der Waals surface area contributed by atoms with Gasteiger partial charge in [-0.15, -0.1) is 21.5 Å². The van der Waals surface area contributed by atoms with Crippen LogP contribution in [0.4, 0.5) is 5.69 Å². The van der Waals surface area contributed by atoms with Crippen LogP contribution >= 0.6 is 23.1 Å². The van der Waals surface area contributed by atoms with Gasteiger partial charge in [0.05, 0.1) is 10.1 Å². The van der Waals surface area contributed by atoms with Crippen LogP contribution in [-0.2, 0) is 4.79 Å². The van der Waals surface area contributed by atoms with Crippen LogP contribution in [0.25, 0.3) is 10.7 Å². The van der Waals surface area contributed by atoms with Crippen molar-refractivity contribution in [1.82, 2.24) is 14.9 Å². The zero-order valence-electron chi connectivity index (χ0n) is 14.2. The third kappa shape index (κ3) is 3.85. The Morgan fingerprint density at radius 2 is 2.12 bits per heavy atom. The molecule has 3 N–H and O–H groups in total. The summed E-state index contributed by atoms with van der Waals surface area (Å²) in [6, 6.07) is 9.84. The number of anilines is 1. The molecular weight excluding hydrogens is 354 g/mol. The van der Waals surface area contributed by atoms with E-state index < -0.39 is 0 Å². The van der Waals surface area contributed by atoms with Gasteiger partial charge in [-0.3, -0.25) is 4.79 Å². The first kappa shape index (κ1) is 17.5. The van der Waals surface area contributed by atoms with Crippen LogP contribution < -0.4 is 11.2 Å². The standard InChI is InChI=1S/C17H19N5OS2/c1-10-6-7-11(2)13(9-10)19-16(23)12(3)25-17-21-20-15(22(17)18)14-5-4-8-24-14/h4-9,12H,18H2,1-3H3,(H,19,23). The normalized spacial score (nSPS) is 12.1. The molecule has 2 heterocycles. The Morgan fingerprint density at radius 1 is 1.32 bits per heavy atom. The highest BCUT2D eigenvalue weighted by atomic mass is 32.2. The van der Waals surface area contributed by atoms with Gasteiger partial charge < -0.3 is 11.2 Å². The van der Waals surface area contributed by atoms with Gasteiger partial charge >= 0.3 is 0 Å². The fraction of sp³-hybridized carbons (Fsp3) is 0.235. The van der Waals surface area contributed by atoms with E-state index in [4.69, 9.17) is 5.84 Å². The van der Waals surface area contributed by atoms with E-state index in [2.05, 4.69) is 15.5 Å². The Labute approximate surface area is 154 Å². The lowest BCUT2D eigenvalue weighted by molar-refractivity contribution is -0.115. The minimum absolute atomic E-state index is 0.0978. The molecule has 0 aliphatic rings. The molecule has 6 nitrogen and oxygen atoms in total. The first-order valence-corrected chi connectivity index (χ1v) is 9.51. The van der Waals surface area contributed by atoms with Crippen molar-refractivity contribution < 1.29 is 4.79 Å². The van der Waals surface area contributed by atoms with Crippen LogP contribution in [0.3, 0.4) is 0 Å². The minimum atomic E-state index is -0.359. The van der Waals surface area contributed by atoms with E-state index in [1.165, 1.54) is 16.4 Å². The molecule has 25 heavy (non-hydrogen) atoms. The second-order valence-electron chi connectivity index (χ2n) is 5.72. The fourth-order valence-corrected chi connectivity index (χ4v) is 3.72. The summed E-state index contributed by atoms with van der Waals surface area (Å²) >= 11 is 2.82. The Bertz CT molecular complexity index is 889. The topological polar surface area (TPSA) is 85.8 Å². The predicted molar refractivity (Wildman–Crippen MR) is 103 cm³/mol. The van der Waals surface area contributed by atoms with Crippen molar-refractivity contribution >= 4 is 34.7 Å². The first-order chi connectivity index (χ1) is 12.0. The second-order valence-corrected chi connectivity index (χ2v) is 7.98. The van der Waals surface area contributed by atoms with Crippen molar-refractivity contribution in [3.8, 4) is 10.7 Å². The number of nitrogen functional groups attached to an aromatic ring is 1. The number of hydrogen-bond donors (Lipinski definition) is 2. The summed E-state index contributed by atoms with van der Waals surface area (Å²) in [4.78, 5) is 13.4. The molecule has 2 aromatic heterocycles. The van der Waals surface area contributed by atoms with E-state index in [1.807, 2.05) is 56.5 Å². The molecule has 1 aromatic carbocycles. The van der Waals surface area contributed by atoms with Crippen molar-refractivity contribution in [2.24, 2.45) is 0 Å². The predicted octanol–water partition coefficient (Wildman–Crippen LogP) is 3.46. The van der Waals surface area contributed by atoms with Gasteiger partial charge in [0.25, 0.3) is 0 Å². The van der Waals surface area contributed by atoms with Crippen molar-refractivity contribution in [1.29, 1.82) is 0 Å². The fourth-order valence-electron chi connectivity index (χ4n) is 2.25. The Balaban J connectivity index is 1.71. The molecular formula is C17H19N5OS2. The highest BCUT2D eigenvalue weighted by Gasteiger charge is 2.20. The Morgan fingerprint density at radius 3 is 2.84 bits per heavy atom. The average molecular weight is 374 g/mol. The number of thioether (sulfide) groups is 1. The number of rotatable bonds is 5. The number of amides is 1. The third-order valence-corrected chi connectivity index (χ3v) is 5.63. The molecule has 0 radical (unpaired) electrons. The van der Waals surface area contributed by atoms with Crippen LogP contribution in [0.2, 0.25) is 0 Å². The molecule has 3 aromatic rings. The van der Waals surface area contributed by atoms with Gasteiger partial charge in [-0.2, -0.15) is 0 Å². The summed E-state index contributed by atoms with van der Waals surface area (Å²) in [5, 5.41) is 13.3. The molecule has 0 aliphatic heterocycles. The number of carbonyl (C=O) groups is 1. The van der Waals surface area contributed by atoms with E-state index in [-0.39, 0.29) is 11.2 Å². The quantitative estimate of drug-likeness (QED) is 0.528. The Hall–Kier alpha value is -2.32. The van der Waals surface area contributed by atoms with E-state index in [9.17, 15) is 4.79 Å². The maximum absolute atomic E-state index is 12.5. The lowest BCUT2D eigenvalue weighted by Crippen LogP contribution is -2.24. The molecule has 130 valence electrons. The summed E-state index contributed by atoms with van der Waals surface area (Å²) < 4.78 is 1.43. The van der Waals surface area contributed by atoms with Gasteiger partial charge in [0.15, 0.2) is 5.82 Å². The SMILES string of the molecule is Cc1ccc(C)c(NC(=O)C(C)Sc2nnc(-c3cccs3)n2N)c1. The van der Waals surface area contributed by atoms with Crippen molar-refractivity contribution in [3.05, 3.63) is 46.8 Å². The number of thiophene rings is 1. The smallest absolute Gasteiger partial charge is 0.237 e. The third-order valence-electron chi connectivity index (χ3n) is 3.71. The van der Waals surface area contributed by atoms with E-state index >= 15 is 0 Å². The van der Waals surface area contributed by atoms with Crippen molar-refractivity contribution in [3.63, 3.8) is 0 Å². The van der Waals surface area contributed by atoms with Gasteiger partial charge in [0.1, 0.15) is 0 Å². The van der Waals surface area contributed by atoms with Crippen molar-refractivity contribution in [2.45, 2.75) is 31.2 Å². The molecule has 1 unspecified atom stereocenters. The Kier molecular flexibility index (Phi) is 5.10. The van der Waals surface area contributed by atoms with Gasteiger partial charge in [0.2, 0.25) is 11.1 Å². The first-order valence-electron chi connectivity index (χ1n) is 7.75.